The molecule has 3 rings (SSSR count). The summed E-state index contributed by atoms with van der Waals surface area (Å²) in [5.74, 6) is -1.21. The summed E-state index contributed by atoms with van der Waals surface area (Å²) in [5, 5.41) is 12.5. The summed E-state index contributed by atoms with van der Waals surface area (Å²) in [6.07, 6.45) is -1.04. The number of hydrogen-bond acceptors (Lipinski definition) is 5. The summed E-state index contributed by atoms with van der Waals surface area (Å²) in [7, 11) is 0. The number of aromatic nitrogens is 1. The van der Waals surface area contributed by atoms with Crippen LogP contribution in [0.2, 0.25) is 0 Å². The molecule has 0 aliphatic heterocycles. The van der Waals surface area contributed by atoms with Crippen molar-refractivity contribution < 1.29 is 14.3 Å². The first kappa shape index (κ1) is 17.1. The van der Waals surface area contributed by atoms with E-state index in [9.17, 15) is 9.59 Å². The Bertz CT molecular complexity index is 1020. The SMILES string of the molecule is C[C@@H](OC(=O)c1ccc2ccccc2n1)C(=O)Nc1ccccc1C#N. The molecule has 2 aromatic carbocycles. The van der Waals surface area contributed by atoms with Crippen molar-refractivity contribution in [3.05, 3.63) is 71.9 Å². The van der Waals surface area contributed by atoms with Gasteiger partial charge in [0.15, 0.2) is 6.10 Å². The van der Waals surface area contributed by atoms with Crippen molar-refractivity contribution in [2.24, 2.45) is 0 Å². The highest BCUT2D eigenvalue weighted by Crippen LogP contribution is 2.15. The highest BCUT2D eigenvalue weighted by atomic mass is 16.5. The smallest absolute Gasteiger partial charge is 0.357 e. The Morgan fingerprint density at radius 3 is 2.62 bits per heavy atom. The minimum Gasteiger partial charge on any atom is -0.448 e. The van der Waals surface area contributed by atoms with E-state index in [1.165, 1.54) is 6.92 Å². The lowest BCUT2D eigenvalue weighted by molar-refractivity contribution is -0.123. The summed E-state index contributed by atoms with van der Waals surface area (Å²) < 4.78 is 5.20. The van der Waals surface area contributed by atoms with Gasteiger partial charge in [-0.1, -0.05) is 36.4 Å². The van der Waals surface area contributed by atoms with Crippen LogP contribution in [0, 0.1) is 11.3 Å². The second kappa shape index (κ2) is 7.45. The zero-order valence-corrected chi connectivity index (χ0v) is 14.0. The second-order valence-corrected chi connectivity index (χ2v) is 5.58. The summed E-state index contributed by atoms with van der Waals surface area (Å²) in [5.41, 5.74) is 1.49. The lowest BCUT2D eigenvalue weighted by atomic mass is 10.2. The minimum atomic E-state index is -1.04. The fraction of sp³-hybridized carbons (Fsp3) is 0.100. The van der Waals surface area contributed by atoms with Crippen molar-refractivity contribution >= 4 is 28.5 Å². The second-order valence-electron chi connectivity index (χ2n) is 5.58. The molecule has 0 spiro atoms. The molecular weight excluding hydrogens is 330 g/mol. The topological polar surface area (TPSA) is 92.1 Å². The van der Waals surface area contributed by atoms with Crippen LogP contribution >= 0.6 is 0 Å². The van der Waals surface area contributed by atoms with Crippen LogP contribution in [0.15, 0.2) is 60.7 Å². The van der Waals surface area contributed by atoms with Gasteiger partial charge >= 0.3 is 5.97 Å². The van der Waals surface area contributed by atoms with Gasteiger partial charge in [-0.05, 0) is 31.2 Å². The Hall–Kier alpha value is -3.72. The predicted molar refractivity (Wildman–Crippen MR) is 96.4 cm³/mol. The number of nitriles is 1. The fourth-order valence-corrected chi connectivity index (χ4v) is 2.38. The number of nitrogens with zero attached hydrogens (tertiary/aromatic N) is 2. The average Bonchev–Trinajstić information content (AvgIpc) is 2.67. The summed E-state index contributed by atoms with van der Waals surface area (Å²) in [6.45, 7) is 1.46. The fourth-order valence-electron chi connectivity index (χ4n) is 2.38. The Morgan fingerprint density at radius 2 is 1.81 bits per heavy atom. The van der Waals surface area contributed by atoms with Gasteiger partial charge < -0.3 is 10.1 Å². The van der Waals surface area contributed by atoms with Gasteiger partial charge in [-0.15, -0.1) is 0 Å². The molecule has 1 N–H and O–H groups in total. The van der Waals surface area contributed by atoms with Crippen LogP contribution in [0.1, 0.15) is 23.0 Å². The van der Waals surface area contributed by atoms with E-state index in [0.29, 0.717) is 16.8 Å². The molecule has 1 atom stereocenters. The molecule has 26 heavy (non-hydrogen) atoms. The van der Waals surface area contributed by atoms with E-state index in [2.05, 4.69) is 10.3 Å². The molecule has 0 saturated carbocycles. The molecule has 1 aromatic heterocycles. The van der Waals surface area contributed by atoms with E-state index in [1.54, 1.807) is 42.5 Å². The molecule has 1 amide bonds. The minimum absolute atomic E-state index is 0.126. The number of carbonyl (C=O) groups is 2. The number of pyridine rings is 1. The zero-order valence-electron chi connectivity index (χ0n) is 14.0. The molecule has 6 heteroatoms. The number of anilines is 1. The average molecular weight is 345 g/mol. The molecule has 0 saturated heterocycles. The molecule has 0 radical (unpaired) electrons. The van der Waals surface area contributed by atoms with Crippen LogP contribution in [0.5, 0.6) is 0 Å². The molecule has 0 unspecified atom stereocenters. The van der Waals surface area contributed by atoms with Crippen molar-refractivity contribution in [2.45, 2.75) is 13.0 Å². The molecule has 128 valence electrons. The van der Waals surface area contributed by atoms with Gasteiger partial charge in [0.25, 0.3) is 5.91 Å². The predicted octanol–water partition coefficient (Wildman–Crippen LogP) is 3.29. The van der Waals surface area contributed by atoms with Crippen LogP contribution in [0.3, 0.4) is 0 Å². The van der Waals surface area contributed by atoms with Gasteiger partial charge in [0.2, 0.25) is 0 Å². The zero-order chi connectivity index (χ0) is 18.5. The van der Waals surface area contributed by atoms with E-state index in [1.807, 2.05) is 24.3 Å². The van der Waals surface area contributed by atoms with E-state index in [4.69, 9.17) is 10.00 Å². The van der Waals surface area contributed by atoms with Gasteiger partial charge in [0.05, 0.1) is 16.8 Å². The van der Waals surface area contributed by atoms with Crippen molar-refractivity contribution in [1.82, 2.24) is 4.98 Å². The van der Waals surface area contributed by atoms with Crippen LogP contribution in [-0.4, -0.2) is 23.0 Å². The summed E-state index contributed by atoms with van der Waals surface area (Å²) in [4.78, 5) is 28.8. The van der Waals surface area contributed by atoms with Gasteiger partial charge in [0.1, 0.15) is 11.8 Å². The van der Waals surface area contributed by atoms with Crippen LogP contribution < -0.4 is 5.32 Å². The van der Waals surface area contributed by atoms with Crippen molar-refractivity contribution in [2.75, 3.05) is 5.32 Å². The number of hydrogen-bond donors (Lipinski definition) is 1. The Balaban J connectivity index is 1.69. The standard InChI is InChI=1S/C20H15N3O3/c1-13(19(24)23-17-9-5-3-7-15(17)12-21)26-20(25)18-11-10-14-6-2-4-8-16(14)22-18/h2-11,13H,1H3,(H,23,24)/t13-/m1/s1. The Labute approximate surface area is 150 Å². The molecule has 0 bridgehead atoms. The number of fused-ring (bicyclic) bond motifs is 1. The molecule has 0 fully saturated rings. The first-order valence-corrected chi connectivity index (χ1v) is 7.95. The first-order valence-electron chi connectivity index (χ1n) is 7.95. The monoisotopic (exact) mass is 345 g/mol. The first-order chi connectivity index (χ1) is 12.6. The number of esters is 1. The van der Waals surface area contributed by atoms with Gasteiger partial charge in [-0.25, -0.2) is 9.78 Å². The quantitative estimate of drug-likeness (QED) is 0.733. The number of rotatable bonds is 4. The maximum Gasteiger partial charge on any atom is 0.357 e. The number of para-hydroxylation sites is 2. The number of amides is 1. The third-order valence-corrected chi connectivity index (χ3v) is 3.77. The normalized spacial score (nSPS) is 11.4. The third-order valence-electron chi connectivity index (χ3n) is 3.77. The van der Waals surface area contributed by atoms with Gasteiger partial charge in [-0.3, -0.25) is 4.79 Å². The number of carbonyl (C=O) groups excluding carboxylic acids is 2. The molecule has 1 heterocycles. The van der Waals surface area contributed by atoms with Crippen LogP contribution in [0.4, 0.5) is 5.69 Å². The van der Waals surface area contributed by atoms with Crippen LogP contribution in [0.25, 0.3) is 10.9 Å². The van der Waals surface area contributed by atoms with E-state index < -0.39 is 18.0 Å². The van der Waals surface area contributed by atoms with Crippen LogP contribution in [-0.2, 0) is 9.53 Å². The molecule has 6 nitrogen and oxygen atoms in total. The van der Waals surface area contributed by atoms with Gasteiger partial charge in [-0.2, -0.15) is 5.26 Å². The Morgan fingerprint density at radius 1 is 1.08 bits per heavy atom. The highest BCUT2D eigenvalue weighted by molar-refractivity contribution is 5.98. The lowest BCUT2D eigenvalue weighted by Crippen LogP contribution is -2.30. The lowest BCUT2D eigenvalue weighted by Gasteiger charge is -2.14. The summed E-state index contributed by atoms with van der Waals surface area (Å²) >= 11 is 0. The van der Waals surface area contributed by atoms with E-state index in [-0.39, 0.29) is 5.69 Å². The maximum absolute atomic E-state index is 12.3. The third kappa shape index (κ3) is 3.68. The highest BCUT2D eigenvalue weighted by Gasteiger charge is 2.20. The molecule has 3 aromatic rings. The number of ether oxygens (including phenoxy) is 1. The van der Waals surface area contributed by atoms with Gasteiger partial charge in [0, 0.05) is 5.39 Å². The van der Waals surface area contributed by atoms with Crippen molar-refractivity contribution in [1.29, 1.82) is 5.26 Å². The van der Waals surface area contributed by atoms with Crippen molar-refractivity contribution in [3.8, 4) is 6.07 Å². The number of nitrogens with one attached hydrogen (secondary N) is 1. The van der Waals surface area contributed by atoms with E-state index in [0.717, 1.165) is 5.39 Å². The molecule has 0 aliphatic rings. The number of benzene rings is 2. The molecule has 0 aliphatic carbocycles. The van der Waals surface area contributed by atoms with Crippen molar-refractivity contribution in [3.63, 3.8) is 0 Å². The largest absolute Gasteiger partial charge is 0.448 e. The maximum atomic E-state index is 12.3. The summed E-state index contributed by atoms with van der Waals surface area (Å²) in [6, 6.07) is 19.3. The Kier molecular flexibility index (Phi) is 4.90. The molecular formula is C20H15N3O3. The van der Waals surface area contributed by atoms with E-state index >= 15 is 0 Å².